The Morgan fingerprint density at radius 1 is 1.26 bits per heavy atom. The van der Waals surface area contributed by atoms with Gasteiger partial charge in [-0.1, -0.05) is 29.8 Å². The lowest BCUT2D eigenvalue weighted by Gasteiger charge is -2.26. The lowest BCUT2D eigenvalue weighted by atomic mass is 10.1. The van der Waals surface area contributed by atoms with E-state index in [0.29, 0.717) is 35.2 Å². The maximum atomic E-state index is 13.7. The van der Waals surface area contributed by atoms with Gasteiger partial charge in [0, 0.05) is 5.02 Å². The number of hydrogen-bond donors (Lipinski definition) is 1. The molecule has 1 aliphatic heterocycles. The zero-order valence-corrected chi connectivity index (χ0v) is 13.0. The highest BCUT2D eigenvalue weighted by atomic mass is 35.5. The molecule has 0 aliphatic carbocycles. The van der Waals surface area contributed by atoms with Crippen LogP contribution in [0.3, 0.4) is 0 Å². The number of fused-ring (bicyclic) bond motifs is 1. The molecule has 1 atom stereocenters. The maximum absolute atomic E-state index is 13.7. The molecule has 1 aliphatic rings. The van der Waals surface area contributed by atoms with Crippen LogP contribution in [0, 0.1) is 5.82 Å². The van der Waals surface area contributed by atoms with Gasteiger partial charge in [-0.3, -0.25) is 4.79 Å². The van der Waals surface area contributed by atoms with E-state index in [9.17, 15) is 9.18 Å². The highest BCUT2D eigenvalue weighted by Gasteiger charge is 2.21. The van der Waals surface area contributed by atoms with Crippen LogP contribution in [-0.2, 0) is 11.2 Å². The zero-order valence-electron chi connectivity index (χ0n) is 12.2. The van der Waals surface area contributed by atoms with Crippen molar-refractivity contribution >= 4 is 17.5 Å². The summed E-state index contributed by atoms with van der Waals surface area (Å²) in [6.07, 6.45) is -0.323. The van der Waals surface area contributed by atoms with Crippen LogP contribution < -0.4 is 14.8 Å². The number of hydrogen-bond acceptors (Lipinski definition) is 3. The van der Waals surface area contributed by atoms with E-state index in [-0.39, 0.29) is 18.4 Å². The average Bonchev–Trinajstić information content (AvgIpc) is 2.55. The van der Waals surface area contributed by atoms with E-state index in [2.05, 4.69) is 5.32 Å². The lowest BCUT2D eigenvalue weighted by Crippen LogP contribution is -2.41. The predicted octanol–water partition coefficient (Wildman–Crippen LogP) is 2.98. The van der Waals surface area contributed by atoms with Crippen LogP contribution in [-0.4, -0.2) is 25.2 Å². The summed E-state index contributed by atoms with van der Waals surface area (Å²) in [5, 5.41) is 3.03. The van der Waals surface area contributed by atoms with Gasteiger partial charge in [0.25, 0.3) is 0 Å². The molecule has 0 saturated heterocycles. The topological polar surface area (TPSA) is 47.6 Å². The van der Waals surface area contributed by atoms with Gasteiger partial charge in [-0.05, 0) is 29.8 Å². The minimum atomic E-state index is -0.487. The predicted molar refractivity (Wildman–Crippen MR) is 84.5 cm³/mol. The van der Waals surface area contributed by atoms with Crippen molar-refractivity contribution in [3.8, 4) is 11.5 Å². The smallest absolute Gasteiger partial charge is 0.224 e. The standard InChI is InChI=1S/C17H15ClFNO3/c18-12-6-5-11(14(19)8-12)7-17(21)20-9-13-10-22-15-3-1-2-4-16(15)23-13/h1-6,8,13H,7,9-10H2,(H,20,21)/t13-/m1/s1. The van der Waals surface area contributed by atoms with Gasteiger partial charge in [-0.25, -0.2) is 4.39 Å². The Hall–Kier alpha value is -2.27. The third-order valence-electron chi connectivity index (χ3n) is 3.46. The van der Waals surface area contributed by atoms with Crippen LogP contribution in [0.15, 0.2) is 42.5 Å². The third-order valence-corrected chi connectivity index (χ3v) is 3.70. The number of para-hydroxylation sites is 2. The third kappa shape index (κ3) is 3.93. The van der Waals surface area contributed by atoms with Crippen molar-refractivity contribution in [1.29, 1.82) is 0 Å². The Labute approximate surface area is 138 Å². The molecule has 0 unspecified atom stereocenters. The summed E-state index contributed by atoms with van der Waals surface area (Å²) in [7, 11) is 0. The number of benzene rings is 2. The Bertz CT molecular complexity index is 723. The van der Waals surface area contributed by atoms with E-state index in [0.717, 1.165) is 0 Å². The van der Waals surface area contributed by atoms with E-state index in [1.54, 1.807) is 6.07 Å². The number of carbonyl (C=O) groups is 1. The molecule has 120 valence electrons. The molecule has 4 nitrogen and oxygen atoms in total. The molecule has 2 aromatic rings. The summed E-state index contributed by atoms with van der Waals surface area (Å²) in [6, 6.07) is 11.6. The number of carbonyl (C=O) groups excluding carboxylic acids is 1. The average molecular weight is 336 g/mol. The fourth-order valence-corrected chi connectivity index (χ4v) is 2.45. The van der Waals surface area contributed by atoms with E-state index >= 15 is 0 Å². The van der Waals surface area contributed by atoms with Crippen LogP contribution in [0.25, 0.3) is 0 Å². The van der Waals surface area contributed by atoms with Gasteiger partial charge in [-0.2, -0.15) is 0 Å². The molecular weight excluding hydrogens is 321 g/mol. The molecule has 0 spiro atoms. The molecule has 0 aromatic heterocycles. The first-order valence-corrected chi connectivity index (χ1v) is 7.59. The second-order valence-electron chi connectivity index (χ2n) is 5.21. The molecule has 0 radical (unpaired) electrons. The first-order valence-electron chi connectivity index (χ1n) is 7.21. The summed E-state index contributed by atoms with van der Waals surface area (Å²) < 4.78 is 25.0. The Morgan fingerprint density at radius 3 is 2.83 bits per heavy atom. The van der Waals surface area contributed by atoms with E-state index in [1.807, 2.05) is 24.3 Å². The second kappa shape index (κ2) is 6.87. The quantitative estimate of drug-likeness (QED) is 0.934. The van der Waals surface area contributed by atoms with Gasteiger partial charge in [0.05, 0.1) is 13.0 Å². The molecule has 3 rings (SSSR count). The van der Waals surface area contributed by atoms with E-state index in [1.165, 1.54) is 12.1 Å². The summed E-state index contributed by atoms with van der Waals surface area (Å²) in [5.74, 6) is 0.576. The Kier molecular flexibility index (Phi) is 4.67. The highest BCUT2D eigenvalue weighted by Crippen LogP contribution is 2.30. The van der Waals surface area contributed by atoms with Gasteiger partial charge in [0.15, 0.2) is 11.5 Å². The van der Waals surface area contributed by atoms with Gasteiger partial charge in [-0.15, -0.1) is 0 Å². The summed E-state index contributed by atoms with van der Waals surface area (Å²) in [4.78, 5) is 11.9. The van der Waals surface area contributed by atoms with Crippen molar-refractivity contribution in [2.24, 2.45) is 0 Å². The van der Waals surface area contributed by atoms with Gasteiger partial charge in [0.1, 0.15) is 18.5 Å². The van der Waals surface area contributed by atoms with Gasteiger partial charge >= 0.3 is 0 Å². The van der Waals surface area contributed by atoms with Crippen molar-refractivity contribution in [3.05, 3.63) is 58.9 Å². The summed E-state index contributed by atoms with van der Waals surface area (Å²) in [5.41, 5.74) is 0.304. The van der Waals surface area contributed by atoms with Crippen molar-refractivity contribution < 1.29 is 18.7 Å². The molecule has 1 amide bonds. The molecule has 6 heteroatoms. The fraction of sp³-hybridized carbons (Fsp3) is 0.235. The molecule has 0 fully saturated rings. The summed E-state index contributed by atoms with van der Waals surface area (Å²) >= 11 is 5.69. The number of nitrogens with one attached hydrogen (secondary N) is 1. The van der Waals surface area contributed by atoms with Crippen LogP contribution >= 0.6 is 11.6 Å². The SMILES string of the molecule is O=C(Cc1ccc(Cl)cc1F)NC[C@@H]1COc2ccccc2O1. The zero-order chi connectivity index (χ0) is 16.2. The number of rotatable bonds is 4. The molecule has 23 heavy (non-hydrogen) atoms. The monoisotopic (exact) mass is 335 g/mol. The highest BCUT2D eigenvalue weighted by molar-refractivity contribution is 6.30. The van der Waals surface area contributed by atoms with Crippen LogP contribution in [0.5, 0.6) is 11.5 Å². The fourth-order valence-electron chi connectivity index (χ4n) is 2.29. The second-order valence-corrected chi connectivity index (χ2v) is 5.65. The van der Waals surface area contributed by atoms with Crippen molar-refractivity contribution in [1.82, 2.24) is 5.32 Å². The van der Waals surface area contributed by atoms with Gasteiger partial charge in [0.2, 0.25) is 5.91 Å². The molecule has 1 heterocycles. The first kappa shape index (κ1) is 15.6. The molecule has 0 saturated carbocycles. The van der Waals surface area contributed by atoms with E-state index < -0.39 is 5.82 Å². The van der Waals surface area contributed by atoms with Crippen molar-refractivity contribution in [2.75, 3.05) is 13.2 Å². The first-order chi connectivity index (χ1) is 11.1. The molecule has 0 bridgehead atoms. The number of ether oxygens (including phenoxy) is 2. The molecule has 2 aromatic carbocycles. The largest absolute Gasteiger partial charge is 0.486 e. The van der Waals surface area contributed by atoms with Crippen molar-refractivity contribution in [3.63, 3.8) is 0 Å². The van der Waals surface area contributed by atoms with Gasteiger partial charge < -0.3 is 14.8 Å². The van der Waals surface area contributed by atoms with E-state index in [4.69, 9.17) is 21.1 Å². The number of halogens is 2. The minimum Gasteiger partial charge on any atom is -0.486 e. The van der Waals surface area contributed by atoms with Crippen molar-refractivity contribution in [2.45, 2.75) is 12.5 Å². The normalized spacial score (nSPS) is 16.0. The summed E-state index contributed by atoms with van der Waals surface area (Å²) in [6.45, 7) is 0.648. The van der Waals surface area contributed by atoms with Crippen LogP contribution in [0.2, 0.25) is 5.02 Å². The minimum absolute atomic E-state index is 0.0484. The Balaban J connectivity index is 1.52. The van der Waals surface area contributed by atoms with Crippen LogP contribution in [0.4, 0.5) is 4.39 Å². The molecular formula is C17H15ClFNO3. The lowest BCUT2D eigenvalue weighted by molar-refractivity contribution is -0.121. The number of amides is 1. The Morgan fingerprint density at radius 2 is 2.04 bits per heavy atom. The maximum Gasteiger partial charge on any atom is 0.224 e. The molecule has 1 N–H and O–H groups in total. The van der Waals surface area contributed by atoms with Crippen LogP contribution in [0.1, 0.15) is 5.56 Å².